The number of rotatable bonds is 12. The minimum Gasteiger partial charge on any atom is -0.449 e. The van der Waals surface area contributed by atoms with E-state index in [0.29, 0.717) is 17.8 Å². The lowest BCUT2D eigenvalue weighted by Crippen LogP contribution is -2.53. The topological polar surface area (TPSA) is 27.7 Å². The standard InChI is InChI=1S/3C9H17O.Al/c3*1-3-8-6-5-7-9(8,10)4-2;/h3*8H,3-7H2,1-2H3;/q3*-1;+3. The monoisotopic (exact) mass is 450 g/mol. The Balaban J connectivity index is 1.90. The predicted molar refractivity (Wildman–Crippen MR) is 131 cm³/mol. The zero-order valence-corrected chi connectivity index (χ0v) is 22.8. The van der Waals surface area contributed by atoms with E-state index >= 15 is 0 Å². The van der Waals surface area contributed by atoms with Gasteiger partial charge in [-0.25, -0.2) is 0 Å². The molecule has 0 radical (unpaired) electrons. The van der Waals surface area contributed by atoms with Crippen LogP contribution in [0.2, 0.25) is 0 Å². The second kappa shape index (κ2) is 11.2. The minimum absolute atomic E-state index is 0.0177. The maximum atomic E-state index is 7.21. The van der Waals surface area contributed by atoms with Crippen LogP contribution in [0.3, 0.4) is 0 Å². The van der Waals surface area contributed by atoms with E-state index in [0.717, 1.165) is 19.3 Å². The number of hydrogen-bond donors (Lipinski definition) is 0. The first-order valence-electron chi connectivity index (χ1n) is 14.0. The van der Waals surface area contributed by atoms with Gasteiger partial charge < -0.3 is 11.4 Å². The fourth-order valence-electron chi connectivity index (χ4n) is 7.83. The molecule has 4 heteroatoms. The Morgan fingerprint density at radius 3 is 1.06 bits per heavy atom. The Bertz CT molecular complexity index is 481. The van der Waals surface area contributed by atoms with Gasteiger partial charge in [-0.2, -0.15) is 0 Å². The summed E-state index contributed by atoms with van der Waals surface area (Å²) in [7, 11) is 0. The van der Waals surface area contributed by atoms with Gasteiger partial charge in [0.2, 0.25) is 0 Å². The molecule has 6 atom stereocenters. The second-order valence-electron chi connectivity index (χ2n) is 10.9. The lowest BCUT2D eigenvalue weighted by Gasteiger charge is -2.45. The van der Waals surface area contributed by atoms with Gasteiger partial charge in [0.05, 0.1) is 0 Å². The molecule has 3 fully saturated rings. The number of hydrogen-bond acceptors (Lipinski definition) is 3. The first-order valence-corrected chi connectivity index (χ1v) is 15.4. The molecular weight excluding hydrogens is 399 g/mol. The normalized spacial score (nSPS) is 40.6. The Kier molecular flexibility index (Phi) is 9.42. The lowest BCUT2D eigenvalue weighted by atomic mass is 9.86. The van der Waals surface area contributed by atoms with Gasteiger partial charge in [0, 0.05) is 16.8 Å². The first kappa shape index (κ1) is 26.0. The van der Waals surface area contributed by atoms with Crippen LogP contribution >= 0.6 is 0 Å². The van der Waals surface area contributed by atoms with Gasteiger partial charge in [0.1, 0.15) is 0 Å². The molecule has 0 aromatic heterocycles. The predicted octanol–water partition coefficient (Wildman–Crippen LogP) is 8.10. The van der Waals surface area contributed by atoms with Crippen molar-refractivity contribution in [2.75, 3.05) is 0 Å². The summed E-state index contributed by atoms with van der Waals surface area (Å²) in [5, 5.41) is 0. The molecule has 3 saturated carbocycles. The van der Waals surface area contributed by atoms with Gasteiger partial charge in [0.15, 0.2) is 0 Å². The van der Waals surface area contributed by atoms with Gasteiger partial charge >= 0.3 is 15.1 Å². The Morgan fingerprint density at radius 2 is 0.839 bits per heavy atom. The molecule has 3 rings (SSSR count). The van der Waals surface area contributed by atoms with E-state index in [-0.39, 0.29) is 16.8 Å². The van der Waals surface area contributed by atoms with E-state index in [9.17, 15) is 0 Å². The highest BCUT2D eigenvalue weighted by Crippen LogP contribution is 2.49. The zero-order chi connectivity index (χ0) is 22.5. The van der Waals surface area contributed by atoms with Gasteiger partial charge in [-0.3, -0.25) is 0 Å². The summed E-state index contributed by atoms with van der Waals surface area (Å²) >= 11 is -2.30. The molecule has 3 aliphatic rings. The SMILES string of the molecule is CCC1CCCC1(CC)[O][Al]([O]C1(CC)CCCC1CC)[O]C1(CC)CCCC1CC. The zero-order valence-electron chi connectivity index (χ0n) is 21.6. The molecule has 0 saturated heterocycles. The van der Waals surface area contributed by atoms with E-state index in [2.05, 4.69) is 41.5 Å². The Labute approximate surface area is 198 Å². The van der Waals surface area contributed by atoms with Gasteiger partial charge in [-0.05, 0) is 75.5 Å². The van der Waals surface area contributed by atoms with Crippen LogP contribution in [0.4, 0.5) is 0 Å². The van der Waals surface area contributed by atoms with Gasteiger partial charge in [-0.1, -0.05) is 80.1 Å². The summed E-state index contributed by atoms with van der Waals surface area (Å²) < 4.78 is 21.6. The Morgan fingerprint density at radius 1 is 0.548 bits per heavy atom. The van der Waals surface area contributed by atoms with Crippen LogP contribution in [0.5, 0.6) is 0 Å². The summed E-state index contributed by atoms with van der Waals surface area (Å²) in [4.78, 5) is 0. The Hall–Kier alpha value is 0.412. The smallest absolute Gasteiger partial charge is 0.449 e. The van der Waals surface area contributed by atoms with Crippen molar-refractivity contribution in [3.63, 3.8) is 0 Å². The van der Waals surface area contributed by atoms with Crippen LogP contribution in [0, 0.1) is 17.8 Å². The molecule has 0 spiro atoms. The molecule has 0 aromatic rings. The van der Waals surface area contributed by atoms with E-state index < -0.39 is 15.1 Å². The molecule has 180 valence electrons. The highest BCUT2D eigenvalue weighted by Gasteiger charge is 2.56. The molecule has 3 nitrogen and oxygen atoms in total. The van der Waals surface area contributed by atoms with E-state index in [1.807, 2.05) is 0 Å². The molecule has 0 N–H and O–H groups in total. The molecule has 3 aliphatic carbocycles. The van der Waals surface area contributed by atoms with Crippen molar-refractivity contribution in [3.8, 4) is 0 Å². The van der Waals surface area contributed by atoms with E-state index in [4.69, 9.17) is 11.4 Å². The fourth-order valence-corrected chi connectivity index (χ4v) is 10.6. The first-order chi connectivity index (χ1) is 15.0. The molecule has 31 heavy (non-hydrogen) atoms. The highest BCUT2D eigenvalue weighted by molar-refractivity contribution is 6.37. The molecular formula is C27H51AlO3. The van der Waals surface area contributed by atoms with E-state index in [1.165, 1.54) is 77.0 Å². The molecule has 0 aliphatic heterocycles. The molecule has 6 unspecified atom stereocenters. The van der Waals surface area contributed by atoms with Crippen LogP contribution in [-0.4, -0.2) is 32.0 Å². The third kappa shape index (κ3) is 5.10. The lowest BCUT2D eigenvalue weighted by molar-refractivity contribution is -0.121. The molecule has 0 aromatic carbocycles. The largest absolute Gasteiger partial charge is 0.906 e. The maximum Gasteiger partial charge on any atom is 0.906 e. The van der Waals surface area contributed by atoms with Crippen LogP contribution in [0.25, 0.3) is 0 Å². The average molecular weight is 451 g/mol. The quantitative estimate of drug-likeness (QED) is 0.281. The third-order valence-electron chi connectivity index (χ3n) is 9.96. The molecule has 0 heterocycles. The van der Waals surface area contributed by atoms with Gasteiger partial charge in [0.25, 0.3) is 0 Å². The highest BCUT2D eigenvalue weighted by atomic mass is 27.3. The summed E-state index contributed by atoms with van der Waals surface area (Å²) in [5.41, 5.74) is -0.0532. The maximum absolute atomic E-state index is 7.21. The van der Waals surface area contributed by atoms with Crippen molar-refractivity contribution in [2.45, 2.75) is 155 Å². The third-order valence-corrected chi connectivity index (χ3v) is 11.9. The van der Waals surface area contributed by atoms with Crippen molar-refractivity contribution in [2.24, 2.45) is 17.8 Å². The average Bonchev–Trinajstić information content (AvgIpc) is 3.50. The summed E-state index contributed by atoms with van der Waals surface area (Å²) in [6.45, 7) is 14.0. The van der Waals surface area contributed by atoms with Crippen molar-refractivity contribution in [1.82, 2.24) is 0 Å². The summed E-state index contributed by atoms with van der Waals surface area (Å²) in [5.74, 6) is 1.97. The van der Waals surface area contributed by atoms with Crippen molar-refractivity contribution in [1.29, 1.82) is 0 Å². The minimum atomic E-state index is -2.30. The van der Waals surface area contributed by atoms with E-state index in [1.54, 1.807) is 0 Å². The van der Waals surface area contributed by atoms with Crippen molar-refractivity contribution >= 4 is 15.1 Å². The summed E-state index contributed by atoms with van der Waals surface area (Å²) in [6, 6.07) is 0. The van der Waals surface area contributed by atoms with Crippen molar-refractivity contribution in [3.05, 3.63) is 0 Å². The second-order valence-corrected chi connectivity index (χ2v) is 12.2. The fraction of sp³-hybridized carbons (Fsp3) is 1.00. The van der Waals surface area contributed by atoms with Crippen LogP contribution in [0.15, 0.2) is 0 Å². The van der Waals surface area contributed by atoms with Crippen molar-refractivity contribution < 1.29 is 11.4 Å². The summed E-state index contributed by atoms with van der Waals surface area (Å²) in [6.07, 6.45) is 18.3. The van der Waals surface area contributed by atoms with Crippen LogP contribution < -0.4 is 0 Å². The van der Waals surface area contributed by atoms with Crippen LogP contribution in [0.1, 0.15) is 138 Å². The molecule has 0 amide bonds. The van der Waals surface area contributed by atoms with Gasteiger partial charge in [-0.15, -0.1) is 0 Å². The molecule has 0 bridgehead atoms. The van der Waals surface area contributed by atoms with Crippen LogP contribution in [-0.2, 0) is 11.4 Å².